The van der Waals surface area contributed by atoms with E-state index in [1.165, 1.54) is 28.3 Å². The second-order valence-corrected chi connectivity index (χ2v) is 8.26. The van der Waals surface area contributed by atoms with Crippen LogP contribution in [0.2, 0.25) is 0 Å². The van der Waals surface area contributed by atoms with Gasteiger partial charge in [0, 0.05) is 48.6 Å². The van der Waals surface area contributed by atoms with Gasteiger partial charge in [-0.2, -0.15) is 5.10 Å². The second-order valence-electron chi connectivity index (χ2n) is 7.17. The van der Waals surface area contributed by atoms with Crippen molar-refractivity contribution in [1.29, 1.82) is 0 Å². The Labute approximate surface area is 190 Å². The van der Waals surface area contributed by atoms with E-state index in [0.29, 0.717) is 12.5 Å². The molecular weight excluding hydrogens is 481 g/mol. The van der Waals surface area contributed by atoms with E-state index < -0.39 is 0 Å². The van der Waals surface area contributed by atoms with Crippen LogP contribution in [0.15, 0.2) is 40.2 Å². The summed E-state index contributed by atoms with van der Waals surface area (Å²) in [7, 11) is 2.00. The topological polar surface area (TPSA) is 45.5 Å². The predicted molar refractivity (Wildman–Crippen MR) is 130 cm³/mol. The van der Waals surface area contributed by atoms with E-state index in [1.54, 1.807) is 0 Å². The molecule has 0 amide bonds. The van der Waals surface area contributed by atoms with Crippen molar-refractivity contribution >= 4 is 41.7 Å². The summed E-state index contributed by atoms with van der Waals surface area (Å²) in [5, 5.41) is 7.98. The zero-order chi connectivity index (χ0) is 19.2. The monoisotopic (exact) mass is 513 g/mol. The zero-order valence-electron chi connectivity index (χ0n) is 17.3. The molecule has 28 heavy (non-hydrogen) atoms. The van der Waals surface area contributed by atoms with E-state index >= 15 is 0 Å². The lowest BCUT2D eigenvalue weighted by atomic mass is 10.2. The van der Waals surface area contributed by atoms with Crippen LogP contribution in [0.4, 0.5) is 0 Å². The van der Waals surface area contributed by atoms with Gasteiger partial charge in [-0.05, 0) is 45.2 Å². The lowest BCUT2D eigenvalue weighted by Gasteiger charge is -2.21. The first-order valence-corrected chi connectivity index (χ1v) is 10.8. The van der Waals surface area contributed by atoms with Crippen LogP contribution < -0.4 is 5.32 Å². The number of thioether (sulfide) groups is 1. The number of nitrogens with zero attached hydrogens (tertiary/aromatic N) is 4. The summed E-state index contributed by atoms with van der Waals surface area (Å²) >= 11 is 1.96. The molecular formula is C21H32IN5S. The highest BCUT2D eigenvalue weighted by molar-refractivity contribution is 14.0. The number of guanidine groups is 1. The Morgan fingerprint density at radius 2 is 2.04 bits per heavy atom. The molecule has 0 saturated carbocycles. The van der Waals surface area contributed by atoms with E-state index in [1.807, 2.05) is 23.5 Å². The van der Waals surface area contributed by atoms with Gasteiger partial charge in [0.1, 0.15) is 0 Å². The molecule has 1 fully saturated rings. The van der Waals surface area contributed by atoms with Gasteiger partial charge in [0.2, 0.25) is 0 Å². The molecule has 1 unspecified atom stereocenters. The molecule has 1 N–H and O–H groups in total. The highest BCUT2D eigenvalue weighted by Crippen LogP contribution is 2.26. The smallest absolute Gasteiger partial charge is 0.194 e. The molecule has 2 heterocycles. The van der Waals surface area contributed by atoms with Gasteiger partial charge in [-0.15, -0.1) is 35.7 Å². The van der Waals surface area contributed by atoms with Crippen molar-refractivity contribution in [3.05, 3.63) is 47.3 Å². The van der Waals surface area contributed by atoms with E-state index in [4.69, 9.17) is 4.99 Å². The maximum absolute atomic E-state index is 4.92. The molecule has 1 aliphatic heterocycles. The molecule has 0 aliphatic carbocycles. The van der Waals surface area contributed by atoms with Crippen molar-refractivity contribution in [2.75, 3.05) is 25.4 Å². The number of nitrogens with one attached hydrogen (secondary N) is 1. The number of aryl methyl sites for hydroxylation is 2. The van der Waals surface area contributed by atoms with Crippen LogP contribution in [0.25, 0.3) is 0 Å². The van der Waals surface area contributed by atoms with Gasteiger partial charge in [0.05, 0.1) is 12.2 Å². The van der Waals surface area contributed by atoms with Gasteiger partial charge in [0.15, 0.2) is 5.96 Å². The minimum atomic E-state index is 0. The van der Waals surface area contributed by atoms with Crippen molar-refractivity contribution < 1.29 is 0 Å². The fraction of sp³-hybridized carbons (Fsp3) is 0.524. The quantitative estimate of drug-likeness (QED) is 0.272. The van der Waals surface area contributed by atoms with Crippen LogP contribution in [0.1, 0.15) is 30.3 Å². The molecule has 0 spiro atoms. The fourth-order valence-electron chi connectivity index (χ4n) is 3.52. The van der Waals surface area contributed by atoms with Gasteiger partial charge >= 0.3 is 0 Å². The summed E-state index contributed by atoms with van der Waals surface area (Å²) in [4.78, 5) is 8.70. The maximum Gasteiger partial charge on any atom is 0.194 e. The van der Waals surface area contributed by atoms with Crippen molar-refractivity contribution in [3.8, 4) is 0 Å². The summed E-state index contributed by atoms with van der Waals surface area (Å²) in [5.74, 6) is 2.91. The number of aliphatic imine (C=N–C) groups is 1. The van der Waals surface area contributed by atoms with Crippen LogP contribution in [-0.4, -0.2) is 46.0 Å². The number of rotatable bonds is 6. The third-order valence-electron chi connectivity index (χ3n) is 5.20. The van der Waals surface area contributed by atoms with Crippen molar-refractivity contribution in [1.82, 2.24) is 20.0 Å². The Morgan fingerprint density at radius 1 is 1.29 bits per heavy atom. The lowest BCUT2D eigenvalue weighted by Crippen LogP contribution is -2.40. The molecule has 154 valence electrons. The number of aromatic nitrogens is 2. The molecule has 0 radical (unpaired) electrons. The van der Waals surface area contributed by atoms with Gasteiger partial charge in [0.25, 0.3) is 0 Å². The third kappa shape index (κ3) is 5.89. The Balaban J connectivity index is 0.00000280. The highest BCUT2D eigenvalue weighted by atomic mass is 127. The predicted octanol–water partition coefficient (Wildman–Crippen LogP) is 4.23. The average Bonchev–Trinajstić information content (AvgIpc) is 3.23. The first kappa shape index (κ1) is 23.1. The van der Waals surface area contributed by atoms with Crippen LogP contribution in [0, 0.1) is 19.8 Å². The van der Waals surface area contributed by atoms with E-state index in [0.717, 1.165) is 31.3 Å². The zero-order valence-corrected chi connectivity index (χ0v) is 20.5. The molecule has 7 heteroatoms. The minimum absolute atomic E-state index is 0. The van der Waals surface area contributed by atoms with Crippen molar-refractivity contribution in [3.63, 3.8) is 0 Å². The first-order chi connectivity index (χ1) is 13.1. The van der Waals surface area contributed by atoms with Gasteiger partial charge < -0.3 is 10.2 Å². The number of likely N-dealkylation sites (tertiary alicyclic amines) is 1. The number of hydrogen-bond donors (Lipinski definition) is 1. The normalized spacial score (nSPS) is 16.9. The summed E-state index contributed by atoms with van der Waals surface area (Å²) in [6.45, 7) is 10.1. The fourth-order valence-corrected chi connectivity index (χ4v) is 4.57. The highest BCUT2D eigenvalue weighted by Gasteiger charge is 2.25. The van der Waals surface area contributed by atoms with Gasteiger partial charge in [-0.3, -0.25) is 4.68 Å². The van der Waals surface area contributed by atoms with Crippen LogP contribution in [-0.2, 0) is 13.6 Å². The van der Waals surface area contributed by atoms with Crippen LogP contribution in [0.5, 0.6) is 0 Å². The Hall–Kier alpha value is -1.22. The van der Waals surface area contributed by atoms with Crippen LogP contribution >= 0.6 is 35.7 Å². The Kier molecular flexibility index (Phi) is 9.14. The number of halogens is 1. The molecule has 1 aliphatic rings. The second kappa shape index (κ2) is 11.1. The summed E-state index contributed by atoms with van der Waals surface area (Å²) in [5.41, 5.74) is 3.52. The molecule has 2 aromatic rings. The van der Waals surface area contributed by atoms with Crippen molar-refractivity contribution in [2.45, 2.75) is 38.6 Å². The molecule has 1 atom stereocenters. The molecule has 0 bridgehead atoms. The van der Waals surface area contributed by atoms with E-state index in [9.17, 15) is 0 Å². The summed E-state index contributed by atoms with van der Waals surface area (Å²) in [6.07, 6.45) is 1.23. The Bertz CT molecular complexity index is 775. The largest absolute Gasteiger partial charge is 0.357 e. The van der Waals surface area contributed by atoms with Crippen molar-refractivity contribution in [2.24, 2.45) is 18.0 Å². The lowest BCUT2D eigenvalue weighted by molar-refractivity contribution is 0.474. The molecule has 1 aromatic carbocycles. The number of hydrogen-bond acceptors (Lipinski definition) is 3. The van der Waals surface area contributed by atoms with E-state index in [2.05, 4.69) is 66.4 Å². The maximum atomic E-state index is 4.92. The number of benzene rings is 1. The first-order valence-electron chi connectivity index (χ1n) is 9.78. The summed E-state index contributed by atoms with van der Waals surface area (Å²) in [6, 6.07) is 10.7. The van der Waals surface area contributed by atoms with E-state index in [-0.39, 0.29) is 24.0 Å². The molecule has 5 nitrogen and oxygen atoms in total. The SMILES string of the molecule is CCNC(=NCc1c(C)nn(C)c1C)N1CCC(CSc2ccccc2)C1.I. The Morgan fingerprint density at radius 3 is 2.68 bits per heavy atom. The standard InChI is InChI=1S/C21H31N5S.HI/c1-5-22-21(23-13-20-16(2)24-25(4)17(20)3)26-12-11-18(14-26)15-27-19-9-7-6-8-10-19;/h6-10,18H,5,11-15H2,1-4H3,(H,22,23);1H. The molecule has 1 aromatic heterocycles. The summed E-state index contributed by atoms with van der Waals surface area (Å²) < 4.78 is 1.94. The van der Waals surface area contributed by atoms with Gasteiger partial charge in [-0.1, -0.05) is 18.2 Å². The average molecular weight is 513 g/mol. The van der Waals surface area contributed by atoms with Crippen LogP contribution in [0.3, 0.4) is 0 Å². The third-order valence-corrected chi connectivity index (χ3v) is 6.44. The minimum Gasteiger partial charge on any atom is -0.357 e. The van der Waals surface area contributed by atoms with Gasteiger partial charge in [-0.25, -0.2) is 4.99 Å². The molecule has 1 saturated heterocycles. The molecule has 3 rings (SSSR count).